The Labute approximate surface area is 170 Å². The number of fused-ring (bicyclic) bond motifs is 1. The van der Waals surface area contributed by atoms with Crippen LogP contribution in [0.3, 0.4) is 0 Å². The number of amides is 1. The highest BCUT2D eigenvalue weighted by molar-refractivity contribution is 5.81. The van der Waals surface area contributed by atoms with Crippen LogP contribution in [-0.2, 0) is 17.8 Å². The standard InChI is InChI=1S/C22H27FN4O2/c1-2-19(29-20-9-4-3-7-16(20)23)22(28)27-12-10-17-15(14-27)13-25-21(26-17)18-8-5-6-11-24-18/h3-4,7,9,13,18-19,24H,2,5-6,8,10-12,14H2,1H3/t18-,19+/m1/s1. The third-order valence-electron chi connectivity index (χ3n) is 5.64. The number of halogens is 1. The highest BCUT2D eigenvalue weighted by Crippen LogP contribution is 2.24. The van der Waals surface area contributed by atoms with E-state index in [0.717, 1.165) is 30.0 Å². The first-order chi connectivity index (χ1) is 14.2. The fourth-order valence-electron chi connectivity index (χ4n) is 3.97. The van der Waals surface area contributed by atoms with E-state index >= 15 is 0 Å². The Hall–Kier alpha value is -2.54. The SMILES string of the molecule is CC[C@H](Oc1ccccc1F)C(=O)N1CCc2nc([C@H]3CCCCN3)ncc2C1. The molecule has 0 saturated carbocycles. The van der Waals surface area contributed by atoms with Crippen LogP contribution in [0.15, 0.2) is 30.5 Å². The number of aromatic nitrogens is 2. The van der Waals surface area contributed by atoms with Crippen molar-refractivity contribution in [2.24, 2.45) is 0 Å². The van der Waals surface area contributed by atoms with Gasteiger partial charge < -0.3 is 15.0 Å². The molecule has 1 saturated heterocycles. The van der Waals surface area contributed by atoms with Gasteiger partial charge in [-0.15, -0.1) is 0 Å². The van der Waals surface area contributed by atoms with E-state index in [4.69, 9.17) is 9.72 Å². The van der Waals surface area contributed by atoms with Gasteiger partial charge in [-0.3, -0.25) is 4.79 Å². The number of nitrogens with one attached hydrogen (secondary N) is 1. The van der Waals surface area contributed by atoms with Gasteiger partial charge in [0.2, 0.25) is 0 Å². The molecule has 6 nitrogen and oxygen atoms in total. The number of benzene rings is 1. The normalized spacial score (nSPS) is 20.1. The average Bonchev–Trinajstić information content (AvgIpc) is 2.78. The first kappa shape index (κ1) is 19.8. The van der Waals surface area contributed by atoms with E-state index in [-0.39, 0.29) is 17.7 Å². The summed E-state index contributed by atoms with van der Waals surface area (Å²) < 4.78 is 19.6. The van der Waals surface area contributed by atoms with Gasteiger partial charge >= 0.3 is 0 Å². The molecule has 2 aliphatic rings. The molecule has 2 atom stereocenters. The maximum atomic E-state index is 13.9. The van der Waals surface area contributed by atoms with E-state index in [2.05, 4.69) is 10.3 Å². The summed E-state index contributed by atoms with van der Waals surface area (Å²) in [5.41, 5.74) is 2.00. The zero-order chi connectivity index (χ0) is 20.2. The van der Waals surface area contributed by atoms with E-state index in [9.17, 15) is 9.18 Å². The molecule has 1 fully saturated rings. The number of carbonyl (C=O) groups excluding carboxylic acids is 1. The number of nitrogens with zero attached hydrogens (tertiary/aromatic N) is 3. The van der Waals surface area contributed by atoms with Crippen molar-refractivity contribution in [1.82, 2.24) is 20.2 Å². The van der Waals surface area contributed by atoms with Gasteiger partial charge in [-0.2, -0.15) is 0 Å². The van der Waals surface area contributed by atoms with E-state index < -0.39 is 11.9 Å². The molecule has 3 heterocycles. The highest BCUT2D eigenvalue weighted by atomic mass is 19.1. The number of rotatable bonds is 5. The van der Waals surface area contributed by atoms with E-state index in [1.165, 1.54) is 18.9 Å². The number of piperidine rings is 1. The van der Waals surface area contributed by atoms with Crippen LogP contribution in [0, 0.1) is 5.82 Å². The second kappa shape index (κ2) is 8.86. The molecule has 2 aromatic rings. The first-order valence-corrected chi connectivity index (χ1v) is 10.4. The monoisotopic (exact) mass is 398 g/mol. The van der Waals surface area contributed by atoms with Crippen LogP contribution in [0.25, 0.3) is 0 Å². The average molecular weight is 398 g/mol. The molecule has 1 N–H and O–H groups in total. The minimum Gasteiger partial charge on any atom is -0.478 e. The predicted octanol–water partition coefficient (Wildman–Crippen LogP) is 3.17. The van der Waals surface area contributed by atoms with Gasteiger partial charge in [0.15, 0.2) is 17.7 Å². The summed E-state index contributed by atoms with van der Waals surface area (Å²) in [5, 5.41) is 3.48. The Kier molecular flexibility index (Phi) is 6.04. The molecular weight excluding hydrogens is 371 g/mol. The topological polar surface area (TPSA) is 67.3 Å². The minimum atomic E-state index is -0.708. The van der Waals surface area contributed by atoms with Crippen molar-refractivity contribution < 1.29 is 13.9 Å². The van der Waals surface area contributed by atoms with Crippen molar-refractivity contribution in [3.63, 3.8) is 0 Å². The Morgan fingerprint density at radius 1 is 1.38 bits per heavy atom. The number of para-hydroxylation sites is 1. The summed E-state index contributed by atoms with van der Waals surface area (Å²) in [5.74, 6) is 0.384. The van der Waals surface area contributed by atoms with Crippen molar-refractivity contribution in [3.05, 3.63) is 53.4 Å². The molecule has 154 valence electrons. The van der Waals surface area contributed by atoms with Crippen molar-refractivity contribution >= 4 is 5.91 Å². The molecule has 0 radical (unpaired) electrons. The molecule has 0 spiro atoms. The van der Waals surface area contributed by atoms with Gasteiger partial charge in [-0.25, -0.2) is 14.4 Å². The van der Waals surface area contributed by atoms with E-state index in [1.807, 2.05) is 13.1 Å². The van der Waals surface area contributed by atoms with Crippen molar-refractivity contribution in [2.45, 2.75) is 57.7 Å². The fourth-order valence-corrected chi connectivity index (χ4v) is 3.97. The third-order valence-corrected chi connectivity index (χ3v) is 5.64. The first-order valence-electron chi connectivity index (χ1n) is 10.4. The van der Waals surface area contributed by atoms with Crippen LogP contribution in [-0.4, -0.2) is 40.0 Å². The Balaban J connectivity index is 1.44. The third kappa shape index (κ3) is 4.40. The summed E-state index contributed by atoms with van der Waals surface area (Å²) in [6.45, 7) is 3.92. The molecule has 1 aromatic heterocycles. The van der Waals surface area contributed by atoms with Gasteiger partial charge in [-0.05, 0) is 37.9 Å². The van der Waals surface area contributed by atoms with Crippen LogP contribution < -0.4 is 10.1 Å². The Bertz CT molecular complexity index is 870. The van der Waals surface area contributed by atoms with Gasteiger partial charge in [0.1, 0.15) is 5.82 Å². The molecular formula is C22H27FN4O2. The molecule has 7 heteroatoms. The maximum Gasteiger partial charge on any atom is 0.263 e. The molecule has 29 heavy (non-hydrogen) atoms. The molecule has 2 aliphatic heterocycles. The van der Waals surface area contributed by atoms with Crippen molar-refractivity contribution in [2.75, 3.05) is 13.1 Å². The summed E-state index contributed by atoms with van der Waals surface area (Å²) in [6.07, 6.45) is 5.77. The molecule has 0 bridgehead atoms. The van der Waals surface area contributed by atoms with Gasteiger partial charge in [0, 0.05) is 31.3 Å². The van der Waals surface area contributed by atoms with E-state index in [0.29, 0.717) is 25.9 Å². The van der Waals surface area contributed by atoms with E-state index in [1.54, 1.807) is 23.1 Å². The predicted molar refractivity (Wildman–Crippen MR) is 107 cm³/mol. The zero-order valence-electron chi connectivity index (χ0n) is 16.7. The largest absolute Gasteiger partial charge is 0.478 e. The van der Waals surface area contributed by atoms with Crippen LogP contribution in [0.4, 0.5) is 4.39 Å². The highest BCUT2D eigenvalue weighted by Gasteiger charge is 2.29. The van der Waals surface area contributed by atoms with Crippen molar-refractivity contribution in [3.8, 4) is 5.75 Å². The second-order valence-corrected chi connectivity index (χ2v) is 7.66. The minimum absolute atomic E-state index is 0.109. The lowest BCUT2D eigenvalue weighted by Crippen LogP contribution is -2.44. The number of hydrogen-bond donors (Lipinski definition) is 1. The van der Waals surface area contributed by atoms with Gasteiger partial charge in [0.05, 0.1) is 11.7 Å². The number of carbonyl (C=O) groups is 1. The van der Waals surface area contributed by atoms with Crippen LogP contribution >= 0.6 is 0 Å². The summed E-state index contributed by atoms with van der Waals surface area (Å²) >= 11 is 0. The lowest BCUT2D eigenvalue weighted by Gasteiger charge is -2.31. The quantitative estimate of drug-likeness (QED) is 0.838. The lowest BCUT2D eigenvalue weighted by atomic mass is 10.0. The summed E-state index contributed by atoms with van der Waals surface area (Å²) in [7, 11) is 0. The lowest BCUT2D eigenvalue weighted by molar-refractivity contribution is -0.140. The molecule has 4 rings (SSSR count). The van der Waals surface area contributed by atoms with Gasteiger partial charge in [-0.1, -0.05) is 25.5 Å². The van der Waals surface area contributed by atoms with Crippen LogP contribution in [0.5, 0.6) is 5.75 Å². The molecule has 0 aliphatic carbocycles. The fraction of sp³-hybridized carbons (Fsp3) is 0.500. The van der Waals surface area contributed by atoms with Crippen molar-refractivity contribution in [1.29, 1.82) is 0 Å². The maximum absolute atomic E-state index is 13.9. The Morgan fingerprint density at radius 3 is 3.00 bits per heavy atom. The Morgan fingerprint density at radius 2 is 2.24 bits per heavy atom. The van der Waals surface area contributed by atoms with Crippen LogP contribution in [0.1, 0.15) is 55.7 Å². The van der Waals surface area contributed by atoms with Gasteiger partial charge in [0.25, 0.3) is 5.91 Å². The zero-order valence-corrected chi connectivity index (χ0v) is 16.7. The molecule has 1 amide bonds. The smallest absolute Gasteiger partial charge is 0.263 e. The summed E-state index contributed by atoms with van der Waals surface area (Å²) in [4.78, 5) is 24.1. The summed E-state index contributed by atoms with van der Waals surface area (Å²) in [6, 6.07) is 6.41. The molecule has 0 unspecified atom stereocenters. The second-order valence-electron chi connectivity index (χ2n) is 7.66. The van der Waals surface area contributed by atoms with Crippen LogP contribution in [0.2, 0.25) is 0 Å². The molecule has 1 aromatic carbocycles. The number of hydrogen-bond acceptors (Lipinski definition) is 5. The number of ether oxygens (including phenoxy) is 1.